The molecule has 1 aliphatic rings. The molecule has 0 spiro atoms. The average molecular weight is 216 g/mol. The van der Waals surface area contributed by atoms with Crippen LogP contribution in [0.1, 0.15) is 45.4 Å². The number of carbonyl (C=O) groups excluding carboxylic acids is 1. The van der Waals surface area contributed by atoms with Crippen molar-refractivity contribution >= 4 is 5.78 Å². The fraction of sp³-hybridized carbons (Fsp3) is 0.750. The van der Waals surface area contributed by atoms with Crippen LogP contribution in [0.5, 0.6) is 0 Å². The number of ketones is 1. The lowest BCUT2D eigenvalue weighted by Gasteiger charge is -2.25. The van der Waals surface area contributed by atoms with Gasteiger partial charge in [-0.1, -0.05) is 19.4 Å². The van der Waals surface area contributed by atoms with Gasteiger partial charge in [0.25, 0.3) is 5.92 Å². The van der Waals surface area contributed by atoms with Crippen LogP contribution < -0.4 is 0 Å². The van der Waals surface area contributed by atoms with E-state index >= 15 is 0 Å². The maximum atomic E-state index is 13.6. The minimum atomic E-state index is -2.80. The maximum Gasteiger partial charge on any atom is 0.269 e. The molecule has 86 valence electrons. The van der Waals surface area contributed by atoms with Crippen LogP contribution in [-0.2, 0) is 4.79 Å². The van der Waals surface area contributed by atoms with Crippen LogP contribution in [0, 0.1) is 5.92 Å². The van der Waals surface area contributed by atoms with Gasteiger partial charge in [-0.3, -0.25) is 4.79 Å². The van der Waals surface area contributed by atoms with E-state index in [4.69, 9.17) is 0 Å². The molecule has 0 N–H and O–H groups in total. The molecular formula is C12H18F2O. The van der Waals surface area contributed by atoms with E-state index in [-0.39, 0.29) is 12.2 Å². The summed E-state index contributed by atoms with van der Waals surface area (Å²) in [7, 11) is 0. The van der Waals surface area contributed by atoms with Gasteiger partial charge in [0, 0.05) is 18.8 Å². The van der Waals surface area contributed by atoms with Crippen LogP contribution in [0.4, 0.5) is 8.78 Å². The smallest absolute Gasteiger partial charge is 0.269 e. The van der Waals surface area contributed by atoms with E-state index in [9.17, 15) is 13.6 Å². The zero-order valence-corrected chi connectivity index (χ0v) is 9.14. The first kappa shape index (κ1) is 12.3. The molecule has 0 aliphatic heterocycles. The summed E-state index contributed by atoms with van der Waals surface area (Å²) in [5.74, 6) is -3.65. The number of hydrogen-bond acceptors (Lipinski definition) is 1. The SMILES string of the molecule is CCC(=O)CC1CCCCC=CC1(F)F. The molecule has 0 saturated carbocycles. The lowest BCUT2D eigenvalue weighted by Crippen LogP contribution is -2.28. The van der Waals surface area contributed by atoms with Crippen molar-refractivity contribution in [1.82, 2.24) is 0 Å². The normalized spacial score (nSPS) is 25.7. The van der Waals surface area contributed by atoms with Gasteiger partial charge in [0.15, 0.2) is 0 Å². The molecule has 15 heavy (non-hydrogen) atoms. The molecular weight excluding hydrogens is 198 g/mol. The number of halogens is 2. The second kappa shape index (κ2) is 5.38. The van der Waals surface area contributed by atoms with Gasteiger partial charge in [-0.05, 0) is 25.3 Å². The molecule has 0 fully saturated rings. The summed E-state index contributed by atoms with van der Waals surface area (Å²) in [6.07, 6.45) is 5.84. The maximum absolute atomic E-state index is 13.6. The highest BCUT2D eigenvalue weighted by Gasteiger charge is 2.37. The molecule has 0 saturated heterocycles. The number of allylic oxidation sites excluding steroid dienone is 2. The Labute approximate surface area is 89.6 Å². The molecule has 0 aromatic heterocycles. The zero-order valence-electron chi connectivity index (χ0n) is 9.14. The van der Waals surface area contributed by atoms with Crippen LogP contribution in [0.3, 0.4) is 0 Å². The minimum absolute atomic E-state index is 0.0217. The highest BCUT2D eigenvalue weighted by molar-refractivity contribution is 5.78. The van der Waals surface area contributed by atoms with E-state index in [1.807, 2.05) is 0 Å². The molecule has 1 rings (SSSR count). The van der Waals surface area contributed by atoms with Crippen molar-refractivity contribution in [3.63, 3.8) is 0 Å². The lowest BCUT2D eigenvalue weighted by molar-refractivity contribution is -0.123. The quantitative estimate of drug-likeness (QED) is 0.657. The van der Waals surface area contributed by atoms with E-state index in [0.717, 1.165) is 25.3 Å². The highest BCUT2D eigenvalue weighted by atomic mass is 19.3. The molecule has 3 heteroatoms. The molecule has 1 unspecified atom stereocenters. The molecule has 0 aromatic rings. The summed E-state index contributed by atoms with van der Waals surface area (Å²) in [6, 6.07) is 0. The van der Waals surface area contributed by atoms with Crippen molar-refractivity contribution in [2.24, 2.45) is 5.92 Å². The van der Waals surface area contributed by atoms with Crippen molar-refractivity contribution in [3.8, 4) is 0 Å². The van der Waals surface area contributed by atoms with Crippen LogP contribution in [0.25, 0.3) is 0 Å². The fourth-order valence-electron chi connectivity index (χ4n) is 1.88. The van der Waals surface area contributed by atoms with Crippen molar-refractivity contribution in [1.29, 1.82) is 0 Å². The zero-order chi connectivity index (χ0) is 11.3. The number of alkyl halides is 2. The lowest BCUT2D eigenvalue weighted by atomic mass is 9.87. The largest absolute Gasteiger partial charge is 0.300 e. The summed E-state index contributed by atoms with van der Waals surface area (Å²) in [5, 5.41) is 0. The number of carbonyl (C=O) groups is 1. The third kappa shape index (κ3) is 3.73. The first-order valence-electron chi connectivity index (χ1n) is 5.63. The van der Waals surface area contributed by atoms with E-state index in [1.54, 1.807) is 13.0 Å². The first-order valence-corrected chi connectivity index (χ1v) is 5.63. The summed E-state index contributed by atoms with van der Waals surface area (Å²) in [4.78, 5) is 11.2. The van der Waals surface area contributed by atoms with Crippen molar-refractivity contribution in [2.75, 3.05) is 0 Å². The second-order valence-corrected chi connectivity index (χ2v) is 4.15. The van der Waals surface area contributed by atoms with Crippen LogP contribution in [0.15, 0.2) is 12.2 Å². The van der Waals surface area contributed by atoms with Gasteiger partial charge < -0.3 is 0 Å². The molecule has 1 atom stereocenters. The van der Waals surface area contributed by atoms with Crippen LogP contribution >= 0.6 is 0 Å². The third-order valence-corrected chi connectivity index (χ3v) is 2.93. The Hall–Kier alpha value is -0.730. The standard InChI is InChI=1S/C12H18F2O/c1-2-11(15)9-10-7-5-3-4-6-8-12(10,13)14/h6,8,10H,2-5,7,9H2,1H3. The number of hydrogen-bond donors (Lipinski definition) is 0. The Kier molecular flexibility index (Phi) is 4.43. The van der Waals surface area contributed by atoms with Crippen molar-refractivity contribution in [2.45, 2.75) is 51.4 Å². The fourth-order valence-corrected chi connectivity index (χ4v) is 1.88. The van der Waals surface area contributed by atoms with Crippen LogP contribution in [0.2, 0.25) is 0 Å². The van der Waals surface area contributed by atoms with E-state index in [1.165, 1.54) is 0 Å². The summed E-state index contributed by atoms with van der Waals surface area (Å²) in [6.45, 7) is 1.72. The number of Topliss-reactive ketones (excluding diaryl/α,β-unsaturated/α-hetero) is 1. The topological polar surface area (TPSA) is 17.1 Å². The number of rotatable bonds is 3. The van der Waals surface area contributed by atoms with Gasteiger partial charge >= 0.3 is 0 Å². The van der Waals surface area contributed by atoms with E-state index < -0.39 is 11.8 Å². The minimum Gasteiger partial charge on any atom is -0.300 e. The van der Waals surface area contributed by atoms with Gasteiger partial charge in [-0.25, -0.2) is 8.78 Å². The van der Waals surface area contributed by atoms with Crippen molar-refractivity contribution in [3.05, 3.63) is 12.2 Å². The average Bonchev–Trinajstić information content (AvgIpc) is 2.18. The van der Waals surface area contributed by atoms with E-state index in [0.29, 0.717) is 12.8 Å². The van der Waals surface area contributed by atoms with Crippen molar-refractivity contribution < 1.29 is 13.6 Å². The van der Waals surface area contributed by atoms with Gasteiger partial charge in [0.1, 0.15) is 5.78 Å². The molecule has 0 amide bonds. The Morgan fingerprint density at radius 1 is 1.47 bits per heavy atom. The molecule has 0 radical (unpaired) electrons. The molecule has 0 bridgehead atoms. The van der Waals surface area contributed by atoms with Gasteiger partial charge in [-0.15, -0.1) is 0 Å². The first-order chi connectivity index (χ1) is 7.06. The molecule has 0 heterocycles. The summed E-state index contributed by atoms with van der Waals surface area (Å²) >= 11 is 0. The van der Waals surface area contributed by atoms with Gasteiger partial charge in [-0.2, -0.15) is 0 Å². The molecule has 1 nitrogen and oxygen atoms in total. The highest BCUT2D eigenvalue weighted by Crippen LogP contribution is 2.35. The van der Waals surface area contributed by atoms with Gasteiger partial charge in [0.05, 0.1) is 0 Å². The third-order valence-electron chi connectivity index (χ3n) is 2.93. The monoisotopic (exact) mass is 216 g/mol. The summed E-state index contributed by atoms with van der Waals surface area (Å²) < 4.78 is 27.1. The summed E-state index contributed by atoms with van der Waals surface area (Å²) in [5.41, 5.74) is 0. The predicted molar refractivity (Wildman–Crippen MR) is 56.0 cm³/mol. The predicted octanol–water partition coefficient (Wildman–Crippen LogP) is 3.74. The molecule has 0 aromatic carbocycles. The van der Waals surface area contributed by atoms with Gasteiger partial charge in [0.2, 0.25) is 0 Å². The molecule has 1 aliphatic carbocycles. The van der Waals surface area contributed by atoms with E-state index in [2.05, 4.69) is 0 Å². The Balaban J connectivity index is 2.68. The van der Waals surface area contributed by atoms with Crippen LogP contribution in [-0.4, -0.2) is 11.7 Å². The Bertz CT molecular complexity index is 246. The Morgan fingerprint density at radius 2 is 2.20 bits per heavy atom. The Morgan fingerprint density at radius 3 is 2.87 bits per heavy atom. The second-order valence-electron chi connectivity index (χ2n) is 4.15.